The summed E-state index contributed by atoms with van der Waals surface area (Å²) in [6.07, 6.45) is 0.384. The Morgan fingerprint density at radius 1 is 1.00 bits per heavy atom. The van der Waals surface area contributed by atoms with E-state index in [1.807, 2.05) is 5.43 Å². The van der Waals surface area contributed by atoms with Gasteiger partial charge in [0, 0.05) is 0 Å². The molecule has 92 valence electrons. The highest BCUT2D eigenvalue weighted by atomic mass is 32.1. The van der Waals surface area contributed by atoms with Crippen LogP contribution in [0, 0.1) is 29.1 Å². The molecule has 0 aromatic heterocycles. The van der Waals surface area contributed by atoms with Gasteiger partial charge < -0.3 is 5.73 Å². The fourth-order valence-corrected chi connectivity index (χ4v) is 0.948. The topological polar surface area (TPSA) is 50.4 Å². The smallest absolute Gasteiger partial charge is 0.200 e. The van der Waals surface area contributed by atoms with Crippen LogP contribution in [0.1, 0.15) is 5.56 Å². The Kier molecular flexibility index (Phi) is 3.94. The van der Waals surface area contributed by atoms with Gasteiger partial charge in [0.05, 0.1) is 11.8 Å². The quantitative estimate of drug-likeness (QED) is 0.214. The number of benzene rings is 1. The van der Waals surface area contributed by atoms with Crippen LogP contribution in [-0.2, 0) is 0 Å². The largest absolute Gasteiger partial charge is 0.375 e. The number of nitrogens with two attached hydrogens (primary N) is 1. The van der Waals surface area contributed by atoms with Gasteiger partial charge >= 0.3 is 0 Å². The Labute approximate surface area is 97.1 Å². The van der Waals surface area contributed by atoms with Crippen molar-refractivity contribution in [1.29, 1.82) is 0 Å². The fraction of sp³-hybridized carbons (Fsp3) is 0. The second-order valence-electron chi connectivity index (χ2n) is 2.72. The first-order chi connectivity index (χ1) is 7.86. The molecule has 9 heteroatoms. The molecule has 17 heavy (non-hydrogen) atoms. The number of halogens is 5. The third kappa shape index (κ3) is 2.67. The van der Waals surface area contributed by atoms with E-state index in [9.17, 15) is 22.0 Å². The molecule has 0 radical (unpaired) electrons. The minimum atomic E-state index is -2.24. The number of rotatable bonds is 2. The predicted octanol–water partition coefficient (Wildman–Crippen LogP) is 1.55. The molecule has 0 aliphatic heterocycles. The first-order valence-electron chi connectivity index (χ1n) is 3.96. The summed E-state index contributed by atoms with van der Waals surface area (Å²) in [5, 5.41) is 2.77. The summed E-state index contributed by atoms with van der Waals surface area (Å²) in [4.78, 5) is 0. The van der Waals surface area contributed by atoms with Gasteiger partial charge in [-0.1, -0.05) is 0 Å². The molecule has 0 saturated carbocycles. The van der Waals surface area contributed by atoms with E-state index in [4.69, 9.17) is 5.73 Å². The molecular formula is C8H4F5N3S. The second-order valence-corrected chi connectivity index (χ2v) is 3.16. The highest BCUT2D eigenvalue weighted by Crippen LogP contribution is 2.21. The van der Waals surface area contributed by atoms with Gasteiger partial charge in [-0.05, 0) is 12.2 Å². The van der Waals surface area contributed by atoms with Gasteiger partial charge in [-0.2, -0.15) is 5.10 Å². The minimum Gasteiger partial charge on any atom is -0.375 e. The SMILES string of the molecule is NC(=S)NN=Cc1c(F)c(F)c(F)c(F)c1F. The van der Waals surface area contributed by atoms with Crippen LogP contribution in [0.15, 0.2) is 5.10 Å². The molecule has 0 aliphatic carbocycles. The van der Waals surface area contributed by atoms with E-state index in [0.717, 1.165) is 0 Å². The Morgan fingerprint density at radius 2 is 1.41 bits per heavy atom. The van der Waals surface area contributed by atoms with E-state index in [-0.39, 0.29) is 5.11 Å². The Bertz CT molecular complexity index is 473. The van der Waals surface area contributed by atoms with E-state index < -0.39 is 34.6 Å². The lowest BCUT2D eigenvalue weighted by molar-refractivity contribution is 0.377. The number of nitrogens with one attached hydrogen (secondary N) is 1. The minimum absolute atomic E-state index is 0.329. The molecule has 0 bridgehead atoms. The van der Waals surface area contributed by atoms with Crippen LogP contribution in [0.2, 0.25) is 0 Å². The van der Waals surface area contributed by atoms with Crippen LogP contribution in [-0.4, -0.2) is 11.3 Å². The van der Waals surface area contributed by atoms with Gasteiger partial charge in [-0.3, -0.25) is 5.43 Å². The standard InChI is InChI=1S/C8H4F5N3S/c9-3-2(1-15-16-8(14)17)4(10)6(12)7(13)5(3)11/h1H,(H3,14,16,17). The number of nitrogens with zero attached hydrogens (tertiary/aromatic N) is 1. The molecule has 0 unspecified atom stereocenters. The van der Waals surface area contributed by atoms with Crippen LogP contribution >= 0.6 is 12.2 Å². The van der Waals surface area contributed by atoms with Crippen LogP contribution < -0.4 is 11.2 Å². The zero-order valence-electron chi connectivity index (χ0n) is 7.90. The second kappa shape index (κ2) is 5.04. The lowest BCUT2D eigenvalue weighted by atomic mass is 10.2. The lowest BCUT2D eigenvalue weighted by Crippen LogP contribution is -2.24. The van der Waals surface area contributed by atoms with Crippen LogP contribution in [0.5, 0.6) is 0 Å². The molecule has 0 saturated heterocycles. The Morgan fingerprint density at radius 3 is 1.82 bits per heavy atom. The third-order valence-electron chi connectivity index (χ3n) is 1.61. The summed E-state index contributed by atoms with van der Waals surface area (Å²) in [6.45, 7) is 0. The van der Waals surface area contributed by atoms with Crippen LogP contribution in [0.4, 0.5) is 22.0 Å². The molecule has 3 nitrogen and oxygen atoms in total. The highest BCUT2D eigenvalue weighted by molar-refractivity contribution is 7.80. The molecule has 0 amide bonds. The van der Waals surface area contributed by atoms with Crippen LogP contribution in [0.25, 0.3) is 0 Å². The number of thiocarbonyl (C=S) groups is 1. The first kappa shape index (κ1) is 13.3. The first-order valence-corrected chi connectivity index (χ1v) is 4.37. The van der Waals surface area contributed by atoms with Crippen LogP contribution in [0.3, 0.4) is 0 Å². The average molecular weight is 269 g/mol. The Hall–Kier alpha value is -1.77. The van der Waals surface area contributed by atoms with Crippen molar-refractivity contribution in [2.45, 2.75) is 0 Å². The summed E-state index contributed by atoms with van der Waals surface area (Å²) in [6, 6.07) is 0. The van der Waals surface area contributed by atoms with E-state index >= 15 is 0 Å². The summed E-state index contributed by atoms with van der Waals surface area (Å²) in [5.74, 6) is -10.3. The van der Waals surface area contributed by atoms with E-state index in [2.05, 4.69) is 17.3 Å². The van der Waals surface area contributed by atoms with E-state index in [0.29, 0.717) is 6.21 Å². The molecule has 3 N–H and O–H groups in total. The predicted molar refractivity (Wildman–Crippen MR) is 53.7 cm³/mol. The van der Waals surface area contributed by atoms with Gasteiger partial charge in [0.1, 0.15) is 0 Å². The van der Waals surface area contributed by atoms with Crippen molar-refractivity contribution in [3.8, 4) is 0 Å². The van der Waals surface area contributed by atoms with Crippen molar-refractivity contribution in [1.82, 2.24) is 5.43 Å². The zero-order chi connectivity index (χ0) is 13.2. The molecule has 1 rings (SSSR count). The van der Waals surface area contributed by atoms with Gasteiger partial charge in [-0.15, -0.1) is 0 Å². The highest BCUT2D eigenvalue weighted by Gasteiger charge is 2.24. The summed E-state index contributed by atoms with van der Waals surface area (Å²) >= 11 is 4.31. The molecular weight excluding hydrogens is 265 g/mol. The van der Waals surface area contributed by atoms with Crippen molar-refractivity contribution in [2.24, 2.45) is 10.8 Å². The molecule has 1 aromatic carbocycles. The summed E-state index contributed by atoms with van der Waals surface area (Å²) < 4.78 is 64.1. The van der Waals surface area contributed by atoms with Gasteiger partial charge in [0.2, 0.25) is 5.82 Å². The molecule has 0 heterocycles. The molecule has 1 aromatic rings. The van der Waals surface area contributed by atoms with Crippen molar-refractivity contribution in [2.75, 3.05) is 0 Å². The van der Waals surface area contributed by atoms with Crippen molar-refractivity contribution < 1.29 is 22.0 Å². The maximum Gasteiger partial charge on any atom is 0.200 e. The van der Waals surface area contributed by atoms with Crippen molar-refractivity contribution in [3.63, 3.8) is 0 Å². The maximum atomic E-state index is 13.0. The number of hydrogen-bond donors (Lipinski definition) is 2. The van der Waals surface area contributed by atoms with Crippen molar-refractivity contribution in [3.05, 3.63) is 34.6 Å². The molecule has 0 fully saturated rings. The van der Waals surface area contributed by atoms with Gasteiger partial charge in [0.25, 0.3) is 0 Å². The van der Waals surface area contributed by atoms with Gasteiger partial charge in [-0.25, -0.2) is 22.0 Å². The lowest BCUT2D eigenvalue weighted by Gasteiger charge is -2.03. The number of hydrogen-bond acceptors (Lipinski definition) is 2. The third-order valence-corrected chi connectivity index (χ3v) is 1.70. The molecule has 0 spiro atoms. The average Bonchev–Trinajstić information content (AvgIpc) is 2.28. The van der Waals surface area contributed by atoms with E-state index in [1.165, 1.54) is 0 Å². The normalized spacial score (nSPS) is 10.9. The maximum absolute atomic E-state index is 13.0. The molecule has 0 atom stereocenters. The van der Waals surface area contributed by atoms with E-state index in [1.54, 1.807) is 0 Å². The summed E-state index contributed by atoms with van der Waals surface area (Å²) in [5.41, 5.74) is 5.65. The Balaban J connectivity index is 3.25. The van der Waals surface area contributed by atoms with Crippen molar-refractivity contribution >= 4 is 23.5 Å². The fourth-order valence-electron chi connectivity index (χ4n) is 0.896. The summed E-state index contributed by atoms with van der Waals surface area (Å²) in [7, 11) is 0. The zero-order valence-corrected chi connectivity index (χ0v) is 8.72. The molecule has 0 aliphatic rings. The number of hydrazone groups is 1. The van der Waals surface area contributed by atoms with Gasteiger partial charge in [0.15, 0.2) is 28.4 Å². The monoisotopic (exact) mass is 269 g/mol.